The number of phenolic OH excluding ortho intramolecular Hbond substituents is 1. The van der Waals surface area contributed by atoms with Crippen LogP contribution in [-0.2, 0) is 60.7 Å². The van der Waals surface area contributed by atoms with Gasteiger partial charge in [0, 0.05) is 26.3 Å². The number of likely N-dealkylation sites (N-methyl/N-ethyl adjacent to an activating group) is 1. The lowest BCUT2D eigenvalue weighted by Crippen LogP contribution is -2.65. The van der Waals surface area contributed by atoms with Gasteiger partial charge in [0.05, 0.1) is 6.42 Å². The summed E-state index contributed by atoms with van der Waals surface area (Å²) in [6.07, 6.45) is -2.39. The van der Waals surface area contributed by atoms with E-state index in [0.29, 0.717) is 24.0 Å². The van der Waals surface area contributed by atoms with E-state index in [2.05, 4.69) is 26.6 Å². The third-order valence-electron chi connectivity index (χ3n) is 12.2. The van der Waals surface area contributed by atoms with Crippen LogP contribution in [0.2, 0.25) is 0 Å². The molecule has 0 saturated carbocycles. The Bertz CT molecular complexity index is 2140. The molecule has 9 unspecified atom stereocenters. The number of aliphatic carboxylic acids is 1. The fourth-order valence-corrected chi connectivity index (χ4v) is 8.34. The van der Waals surface area contributed by atoms with Crippen molar-refractivity contribution < 1.29 is 63.2 Å². The van der Waals surface area contributed by atoms with Crippen LogP contribution in [0, 0.1) is 11.8 Å². The molecule has 0 aliphatic carbocycles. The summed E-state index contributed by atoms with van der Waals surface area (Å²) in [4.78, 5) is 128. The Morgan fingerprint density at radius 1 is 0.812 bits per heavy atom. The van der Waals surface area contributed by atoms with E-state index in [-0.39, 0.29) is 50.2 Å². The Kier molecular flexibility index (Phi) is 20.5. The van der Waals surface area contributed by atoms with Gasteiger partial charge in [0.1, 0.15) is 60.4 Å². The first-order chi connectivity index (χ1) is 32.6. The van der Waals surface area contributed by atoms with Crippen LogP contribution in [0.3, 0.4) is 0 Å². The smallest absolute Gasteiger partial charge is 0.329 e. The highest BCUT2D eigenvalue weighted by Crippen LogP contribution is 2.26. The molecule has 2 fully saturated rings. The van der Waals surface area contributed by atoms with E-state index in [9.17, 15) is 53.7 Å². The maximum absolute atomic E-state index is 15.0. The second-order valence-corrected chi connectivity index (χ2v) is 18.6. The molecule has 9 atom stereocenters. The summed E-state index contributed by atoms with van der Waals surface area (Å²) in [5.74, 6) is -9.49. The first-order valence-corrected chi connectivity index (χ1v) is 23.6. The van der Waals surface area contributed by atoms with E-state index in [1.165, 1.54) is 26.1 Å². The minimum atomic E-state index is -1.82. The molecule has 2 aromatic carbocycles. The lowest BCUT2D eigenvalue weighted by atomic mass is 9.95. The van der Waals surface area contributed by atoms with E-state index in [1.807, 2.05) is 6.92 Å². The largest absolute Gasteiger partial charge is 0.508 e. The number of esters is 1. The van der Waals surface area contributed by atoms with Crippen LogP contribution in [0.25, 0.3) is 0 Å². The van der Waals surface area contributed by atoms with Crippen molar-refractivity contribution >= 4 is 53.3 Å². The summed E-state index contributed by atoms with van der Waals surface area (Å²) in [5, 5.41) is 44.1. The zero-order valence-corrected chi connectivity index (χ0v) is 40.4. The highest BCUT2D eigenvalue weighted by atomic mass is 16.5. The molecule has 2 aliphatic rings. The van der Waals surface area contributed by atoms with Gasteiger partial charge >= 0.3 is 11.9 Å². The molecule has 2 aromatic rings. The summed E-state index contributed by atoms with van der Waals surface area (Å²) < 4.78 is 5.83. The molecule has 2 bridgehead atoms. The number of amides is 7. The van der Waals surface area contributed by atoms with Gasteiger partial charge in [0.25, 0.3) is 0 Å². The number of nitrogens with one attached hydrogen (secondary N) is 5. The Balaban J connectivity index is 1.86. The molecule has 4 rings (SSSR count). The average molecular weight is 964 g/mol. The molecule has 2 saturated heterocycles. The molecule has 0 spiro atoms. The molecule has 20 heteroatoms. The number of benzene rings is 2. The van der Waals surface area contributed by atoms with E-state index >= 15 is 4.79 Å². The highest BCUT2D eigenvalue weighted by molar-refractivity contribution is 5.99. The zero-order valence-electron chi connectivity index (χ0n) is 40.4. The van der Waals surface area contributed by atoms with Gasteiger partial charge in [-0.15, -0.1) is 0 Å². The van der Waals surface area contributed by atoms with Gasteiger partial charge in [0.2, 0.25) is 41.4 Å². The summed E-state index contributed by atoms with van der Waals surface area (Å²) >= 11 is 0. The van der Waals surface area contributed by atoms with Crippen LogP contribution in [0.4, 0.5) is 0 Å². The first kappa shape index (κ1) is 55.0. The van der Waals surface area contributed by atoms with Crippen LogP contribution in [0.15, 0.2) is 54.6 Å². The maximum atomic E-state index is 15.0. The van der Waals surface area contributed by atoms with Gasteiger partial charge in [0.15, 0.2) is 0 Å². The van der Waals surface area contributed by atoms with Gasteiger partial charge < -0.3 is 56.4 Å². The number of unbranched alkanes of at least 4 members (excludes halogenated alkanes) is 2. The fourth-order valence-electron chi connectivity index (χ4n) is 8.34. The molecule has 7 amide bonds. The molecule has 2 aliphatic heterocycles. The van der Waals surface area contributed by atoms with Crippen molar-refractivity contribution in [2.75, 3.05) is 7.05 Å². The normalized spacial score (nSPS) is 24.8. The number of hydrogen-bond acceptors (Lipinski definition) is 12. The highest BCUT2D eigenvalue weighted by Gasteiger charge is 2.46. The predicted molar refractivity (Wildman–Crippen MR) is 250 cm³/mol. The van der Waals surface area contributed by atoms with Crippen LogP contribution in [0.1, 0.15) is 104 Å². The molecular formula is C49H69N7O13. The second-order valence-electron chi connectivity index (χ2n) is 18.6. The Morgan fingerprint density at radius 2 is 1.45 bits per heavy atom. The SMILES string of the molecule is CCCCCC(=O)NC(CC(=O)O)C(=O)NC1C(=O)NC(CC(C)C)C(=O)NC2CCC(O)N(C2=O)C(Cc2ccccc2)C(=O)N(C)C(Cc2ccc(O)cc2)C(=O)NC(C(C)C)C(=O)OC1C. The predicted octanol–water partition coefficient (Wildman–Crippen LogP) is 1.44. The van der Waals surface area contributed by atoms with Crippen molar-refractivity contribution in [3.63, 3.8) is 0 Å². The Hall–Kier alpha value is -6.57. The standard InChI is InChI=1S/C49H69N7O13/c1-8-9-11-16-38(58)50-35(26-40(60)61)44(63)54-42-29(6)69-49(68)41(28(4)5)53-45(64)36(24-31-17-19-32(57)20-18-31)55(7)48(67)37(25-30-14-12-10-13-15-30)56-39(59)22-21-33(47(56)66)51-43(62)34(23-27(2)3)52-46(42)65/h10,12-15,17-20,27-29,33-37,39,41-42,57,59H,8-9,11,16,21-26H2,1-7H3,(H,50,58)(H,51,62)(H,52,65)(H,53,64)(H,54,63)(H,60,61). The minimum Gasteiger partial charge on any atom is -0.508 e. The number of nitrogens with zero attached hydrogens (tertiary/aromatic N) is 2. The van der Waals surface area contributed by atoms with Crippen molar-refractivity contribution in [3.8, 4) is 5.75 Å². The number of piperidine rings is 1. The number of hydrogen-bond donors (Lipinski definition) is 8. The number of ether oxygens (including phenoxy) is 1. The number of carbonyl (C=O) groups is 9. The minimum absolute atomic E-state index is 0.00109. The summed E-state index contributed by atoms with van der Waals surface area (Å²) in [6, 6.07) is 4.14. The summed E-state index contributed by atoms with van der Waals surface area (Å²) in [6.45, 7) is 9.94. The zero-order chi connectivity index (χ0) is 51.1. The van der Waals surface area contributed by atoms with Crippen LogP contribution >= 0.6 is 0 Å². The van der Waals surface area contributed by atoms with Crippen molar-refractivity contribution in [2.24, 2.45) is 11.8 Å². The number of fused-ring (bicyclic) bond motifs is 2. The van der Waals surface area contributed by atoms with Gasteiger partial charge in [-0.05, 0) is 67.7 Å². The van der Waals surface area contributed by atoms with Crippen LogP contribution in [-0.4, -0.2) is 140 Å². The number of carbonyl (C=O) groups excluding carboxylic acids is 8. The average Bonchev–Trinajstić information content (AvgIpc) is 3.28. The van der Waals surface area contributed by atoms with Crippen molar-refractivity contribution in [3.05, 3.63) is 65.7 Å². The topological polar surface area (TPSA) is 290 Å². The van der Waals surface area contributed by atoms with E-state index in [0.717, 1.165) is 16.2 Å². The number of phenols is 1. The monoisotopic (exact) mass is 963 g/mol. The lowest BCUT2D eigenvalue weighted by molar-refractivity contribution is -0.165. The third kappa shape index (κ3) is 15.7. The molecule has 0 radical (unpaired) electrons. The number of carboxylic acid groups (broad SMARTS) is 1. The Labute approximate surface area is 402 Å². The molecular weight excluding hydrogens is 895 g/mol. The van der Waals surface area contributed by atoms with Gasteiger partial charge in [-0.3, -0.25) is 38.4 Å². The maximum Gasteiger partial charge on any atom is 0.329 e. The van der Waals surface area contributed by atoms with E-state index < -0.39 is 120 Å². The second kappa shape index (κ2) is 25.7. The van der Waals surface area contributed by atoms with Crippen molar-refractivity contribution in [1.82, 2.24) is 36.4 Å². The van der Waals surface area contributed by atoms with Gasteiger partial charge in [-0.25, -0.2) is 4.79 Å². The number of aliphatic hydroxyl groups excluding tert-OH is 1. The quantitative estimate of drug-likeness (QED) is 0.0875. The van der Waals surface area contributed by atoms with Crippen molar-refractivity contribution in [1.29, 1.82) is 0 Å². The Morgan fingerprint density at radius 3 is 2.06 bits per heavy atom. The molecule has 69 heavy (non-hydrogen) atoms. The van der Waals surface area contributed by atoms with Crippen LogP contribution < -0.4 is 26.6 Å². The fraction of sp³-hybridized carbons (Fsp3) is 0.571. The lowest BCUT2D eigenvalue weighted by Gasteiger charge is -2.43. The molecule has 20 nitrogen and oxygen atoms in total. The number of aromatic hydroxyl groups is 1. The third-order valence-corrected chi connectivity index (χ3v) is 12.2. The molecule has 0 aromatic heterocycles. The number of cyclic esters (lactones) is 1. The molecule has 378 valence electrons. The van der Waals surface area contributed by atoms with Gasteiger partial charge in [-0.1, -0.05) is 89.9 Å². The summed E-state index contributed by atoms with van der Waals surface area (Å²) in [7, 11) is 1.35. The number of aliphatic hydroxyl groups is 1. The first-order valence-electron chi connectivity index (χ1n) is 23.6. The van der Waals surface area contributed by atoms with Crippen LogP contribution in [0.5, 0.6) is 5.75 Å². The molecule has 8 N–H and O–H groups in total. The summed E-state index contributed by atoms with van der Waals surface area (Å²) in [5.41, 5.74) is 1.11. The molecule has 2 heterocycles. The van der Waals surface area contributed by atoms with Gasteiger partial charge in [-0.2, -0.15) is 0 Å². The van der Waals surface area contributed by atoms with E-state index in [4.69, 9.17) is 4.74 Å². The van der Waals surface area contributed by atoms with Crippen molar-refractivity contribution in [2.45, 2.75) is 160 Å². The number of carboxylic acids is 1. The number of rotatable bonds is 16. The van der Waals surface area contributed by atoms with E-state index in [1.54, 1.807) is 70.2 Å².